The molecule has 4 heteroatoms. The number of rotatable bonds is 3. The molecule has 0 N–H and O–H groups in total. The van der Waals surface area contributed by atoms with Gasteiger partial charge in [-0.15, -0.1) is 0 Å². The first kappa shape index (κ1) is 11.0. The van der Waals surface area contributed by atoms with Crippen molar-refractivity contribution < 1.29 is 9.59 Å². The number of amides is 2. The fraction of sp³-hybridized carbons (Fsp3) is 0.818. The molecule has 0 unspecified atom stereocenters. The van der Waals surface area contributed by atoms with Gasteiger partial charge in [0.15, 0.2) is 0 Å². The third-order valence-corrected chi connectivity index (χ3v) is 4.18. The van der Waals surface area contributed by atoms with Crippen LogP contribution in [0.3, 0.4) is 0 Å². The summed E-state index contributed by atoms with van der Waals surface area (Å²) < 4.78 is 0. The largest absolute Gasteiger partial charge is 0.282 e. The first-order valence-corrected chi connectivity index (χ1v) is 5.99. The number of imide groups is 1. The molecule has 1 aliphatic heterocycles. The number of hydrogen-bond acceptors (Lipinski definition) is 3. The van der Waals surface area contributed by atoms with E-state index >= 15 is 0 Å². The highest BCUT2D eigenvalue weighted by atomic mass is 32.1. The van der Waals surface area contributed by atoms with Crippen LogP contribution in [0.4, 0.5) is 0 Å². The molecule has 3 nitrogen and oxygen atoms in total. The van der Waals surface area contributed by atoms with Gasteiger partial charge in [0.2, 0.25) is 11.8 Å². The topological polar surface area (TPSA) is 37.4 Å². The zero-order valence-electron chi connectivity index (χ0n) is 9.25. The summed E-state index contributed by atoms with van der Waals surface area (Å²) in [6.45, 7) is 4.26. The van der Waals surface area contributed by atoms with Crippen LogP contribution in [-0.4, -0.2) is 29.0 Å². The molecule has 0 atom stereocenters. The fourth-order valence-electron chi connectivity index (χ4n) is 2.07. The minimum atomic E-state index is -0.496. The van der Waals surface area contributed by atoms with E-state index in [0.29, 0.717) is 13.0 Å². The molecule has 0 aromatic rings. The molecule has 2 rings (SSSR count). The lowest BCUT2D eigenvalue weighted by molar-refractivity contribution is -0.141. The summed E-state index contributed by atoms with van der Waals surface area (Å²) in [5.74, 6) is 0.739. The molecule has 2 aliphatic rings. The monoisotopic (exact) mass is 227 g/mol. The molecular formula is C11H17NO2S. The normalized spacial score (nSPS) is 27.3. The number of likely N-dealkylation sites (tertiary alicyclic amines) is 1. The molecule has 1 heterocycles. The lowest BCUT2D eigenvalue weighted by Gasteiger charge is -2.22. The second-order valence-electron chi connectivity index (χ2n) is 5.50. The Hall–Kier alpha value is -0.510. The molecule has 2 fully saturated rings. The van der Waals surface area contributed by atoms with Gasteiger partial charge in [-0.3, -0.25) is 14.5 Å². The smallest absolute Gasteiger partial charge is 0.235 e. The highest BCUT2D eigenvalue weighted by molar-refractivity contribution is 7.80. The summed E-state index contributed by atoms with van der Waals surface area (Å²) in [4.78, 5) is 25.1. The third kappa shape index (κ3) is 1.80. The van der Waals surface area contributed by atoms with Crippen molar-refractivity contribution in [2.24, 2.45) is 10.8 Å². The van der Waals surface area contributed by atoms with Gasteiger partial charge in [0.25, 0.3) is 0 Å². The Labute approximate surface area is 95.6 Å². The number of carbonyl (C=O) groups excluding carboxylic acids is 2. The van der Waals surface area contributed by atoms with Crippen LogP contribution in [0, 0.1) is 10.8 Å². The van der Waals surface area contributed by atoms with E-state index in [4.69, 9.17) is 0 Å². The van der Waals surface area contributed by atoms with Crippen LogP contribution in [0.15, 0.2) is 0 Å². The van der Waals surface area contributed by atoms with Crippen molar-refractivity contribution in [2.75, 3.05) is 12.3 Å². The maximum absolute atomic E-state index is 11.9. The Morgan fingerprint density at radius 2 is 1.93 bits per heavy atom. The standard InChI is InChI=1S/C11H17NO2S/c1-10(2)5-8(13)12(9(10)14)6-11(7-15)3-4-11/h15H,3-7H2,1-2H3. The van der Waals surface area contributed by atoms with Gasteiger partial charge >= 0.3 is 0 Å². The van der Waals surface area contributed by atoms with Crippen LogP contribution in [0.25, 0.3) is 0 Å². The molecule has 1 aliphatic carbocycles. The molecular weight excluding hydrogens is 210 g/mol. The predicted octanol–water partition coefficient (Wildman–Crippen LogP) is 1.48. The van der Waals surface area contributed by atoms with Crippen LogP contribution < -0.4 is 0 Å². The Balaban J connectivity index is 2.10. The third-order valence-electron chi connectivity index (χ3n) is 3.50. The first-order valence-electron chi connectivity index (χ1n) is 5.36. The maximum Gasteiger partial charge on any atom is 0.235 e. The van der Waals surface area contributed by atoms with Gasteiger partial charge in [0.05, 0.1) is 5.41 Å². The van der Waals surface area contributed by atoms with Gasteiger partial charge in [-0.25, -0.2) is 0 Å². The minimum absolute atomic E-state index is 0.0134. The summed E-state index contributed by atoms with van der Waals surface area (Å²) >= 11 is 4.29. The highest BCUT2D eigenvalue weighted by Crippen LogP contribution is 2.48. The minimum Gasteiger partial charge on any atom is -0.282 e. The van der Waals surface area contributed by atoms with E-state index in [1.54, 1.807) is 0 Å². The van der Waals surface area contributed by atoms with Crippen LogP contribution in [0.1, 0.15) is 33.1 Å². The zero-order chi connectivity index (χ0) is 11.3. The number of carbonyl (C=O) groups is 2. The number of hydrogen-bond donors (Lipinski definition) is 1. The second-order valence-corrected chi connectivity index (χ2v) is 5.82. The van der Waals surface area contributed by atoms with E-state index in [1.165, 1.54) is 4.90 Å². The molecule has 84 valence electrons. The van der Waals surface area contributed by atoms with Gasteiger partial charge in [-0.2, -0.15) is 12.6 Å². The van der Waals surface area contributed by atoms with Gasteiger partial charge in [-0.05, 0) is 24.0 Å². The van der Waals surface area contributed by atoms with Crippen molar-refractivity contribution in [3.63, 3.8) is 0 Å². The summed E-state index contributed by atoms with van der Waals surface area (Å²) in [6.07, 6.45) is 2.54. The van der Waals surface area contributed by atoms with Gasteiger partial charge in [-0.1, -0.05) is 13.8 Å². The molecule has 1 saturated heterocycles. The lowest BCUT2D eigenvalue weighted by Crippen LogP contribution is -2.38. The van der Waals surface area contributed by atoms with E-state index in [-0.39, 0.29) is 17.2 Å². The SMILES string of the molecule is CC1(C)CC(=O)N(CC2(CS)CC2)C1=O. The molecule has 2 amide bonds. The Bertz CT molecular complexity index is 321. The molecule has 0 radical (unpaired) electrons. The van der Waals surface area contributed by atoms with Gasteiger partial charge in [0.1, 0.15) is 0 Å². The average molecular weight is 227 g/mol. The summed E-state index contributed by atoms with van der Waals surface area (Å²) in [5.41, 5.74) is -0.362. The van der Waals surface area contributed by atoms with Crippen LogP contribution in [0.2, 0.25) is 0 Å². The van der Waals surface area contributed by atoms with E-state index in [2.05, 4.69) is 12.6 Å². The van der Waals surface area contributed by atoms with Crippen molar-refractivity contribution >= 4 is 24.4 Å². The molecule has 0 bridgehead atoms. The van der Waals surface area contributed by atoms with E-state index < -0.39 is 5.41 Å². The van der Waals surface area contributed by atoms with Crippen molar-refractivity contribution in [3.8, 4) is 0 Å². The zero-order valence-corrected chi connectivity index (χ0v) is 10.1. The quantitative estimate of drug-likeness (QED) is 0.586. The summed E-state index contributed by atoms with van der Waals surface area (Å²) in [5, 5.41) is 0. The lowest BCUT2D eigenvalue weighted by atomic mass is 9.92. The predicted molar refractivity (Wildman–Crippen MR) is 60.6 cm³/mol. The maximum atomic E-state index is 11.9. The van der Waals surface area contributed by atoms with E-state index in [1.807, 2.05) is 13.8 Å². The van der Waals surface area contributed by atoms with Crippen molar-refractivity contribution in [1.82, 2.24) is 4.90 Å². The first-order chi connectivity index (χ1) is 6.90. The van der Waals surface area contributed by atoms with Gasteiger partial charge in [0, 0.05) is 13.0 Å². The van der Waals surface area contributed by atoms with E-state index in [9.17, 15) is 9.59 Å². The molecule has 0 aromatic heterocycles. The number of nitrogens with zero attached hydrogens (tertiary/aromatic N) is 1. The average Bonchev–Trinajstić information content (AvgIpc) is 2.89. The molecule has 15 heavy (non-hydrogen) atoms. The molecule has 0 aromatic carbocycles. The Morgan fingerprint density at radius 3 is 2.27 bits per heavy atom. The molecule has 0 spiro atoms. The summed E-state index contributed by atoms with van der Waals surface area (Å²) in [7, 11) is 0. The number of thiol groups is 1. The summed E-state index contributed by atoms with van der Waals surface area (Å²) in [6, 6.07) is 0. The van der Waals surface area contributed by atoms with Crippen molar-refractivity contribution in [3.05, 3.63) is 0 Å². The molecule has 1 saturated carbocycles. The second kappa shape index (κ2) is 3.24. The fourth-order valence-corrected chi connectivity index (χ4v) is 2.48. The Morgan fingerprint density at radius 1 is 1.33 bits per heavy atom. The van der Waals surface area contributed by atoms with Crippen LogP contribution in [-0.2, 0) is 9.59 Å². The van der Waals surface area contributed by atoms with Crippen molar-refractivity contribution in [1.29, 1.82) is 0 Å². The van der Waals surface area contributed by atoms with Gasteiger partial charge < -0.3 is 0 Å². The highest BCUT2D eigenvalue weighted by Gasteiger charge is 2.50. The van der Waals surface area contributed by atoms with Crippen molar-refractivity contribution in [2.45, 2.75) is 33.1 Å². The van der Waals surface area contributed by atoms with Crippen LogP contribution >= 0.6 is 12.6 Å². The van der Waals surface area contributed by atoms with Crippen LogP contribution in [0.5, 0.6) is 0 Å². The Kier molecular flexibility index (Phi) is 2.37. The van der Waals surface area contributed by atoms with E-state index in [0.717, 1.165) is 18.6 Å².